The van der Waals surface area contributed by atoms with Gasteiger partial charge in [-0.1, -0.05) is 4.49 Å². The maximum absolute atomic E-state index is 13.2. The van der Waals surface area contributed by atoms with E-state index < -0.39 is 11.7 Å². The molecule has 0 spiro atoms. The highest BCUT2D eigenvalue weighted by Gasteiger charge is 2.08. The number of rotatable bonds is 4. The molecule has 0 saturated heterocycles. The summed E-state index contributed by atoms with van der Waals surface area (Å²) in [4.78, 5) is 10.9. The van der Waals surface area contributed by atoms with Crippen molar-refractivity contribution in [3.8, 4) is 0 Å². The molecule has 0 bridgehead atoms. The Morgan fingerprint density at radius 2 is 2.35 bits per heavy atom. The summed E-state index contributed by atoms with van der Waals surface area (Å²) in [6, 6.07) is 4.10. The number of hydrogen-bond donors (Lipinski definition) is 2. The molecule has 0 unspecified atom stereocenters. The van der Waals surface area contributed by atoms with Gasteiger partial charge in [-0.05, 0) is 29.7 Å². The van der Waals surface area contributed by atoms with Crippen molar-refractivity contribution in [2.75, 3.05) is 5.32 Å². The molecule has 17 heavy (non-hydrogen) atoms. The van der Waals surface area contributed by atoms with Crippen LogP contribution in [0.4, 0.5) is 10.1 Å². The van der Waals surface area contributed by atoms with E-state index in [1.807, 2.05) is 0 Å². The number of carbonyl (C=O) groups excluding carboxylic acids is 1. The number of aromatic nitrogens is 2. The van der Waals surface area contributed by atoms with Crippen LogP contribution in [0.2, 0.25) is 0 Å². The Labute approximate surface area is 101 Å². The molecular formula is C10H9FN4OS. The summed E-state index contributed by atoms with van der Waals surface area (Å²) in [5.41, 5.74) is 6.30. The summed E-state index contributed by atoms with van der Waals surface area (Å²) in [6.07, 6.45) is 0. The Morgan fingerprint density at radius 1 is 1.53 bits per heavy atom. The van der Waals surface area contributed by atoms with Gasteiger partial charge in [0, 0.05) is 11.1 Å². The lowest BCUT2D eigenvalue weighted by atomic mass is 10.2. The van der Waals surface area contributed by atoms with Gasteiger partial charge in [-0.3, -0.25) is 4.79 Å². The van der Waals surface area contributed by atoms with Gasteiger partial charge < -0.3 is 11.1 Å². The molecule has 1 aromatic heterocycles. The van der Waals surface area contributed by atoms with Crippen LogP contribution in [0.15, 0.2) is 23.6 Å². The molecule has 0 aliphatic carbocycles. The molecular weight excluding hydrogens is 243 g/mol. The van der Waals surface area contributed by atoms with E-state index in [2.05, 4.69) is 14.9 Å². The number of nitrogens with two attached hydrogens (primary N) is 1. The lowest BCUT2D eigenvalue weighted by Crippen LogP contribution is -2.13. The first-order valence-electron chi connectivity index (χ1n) is 4.76. The van der Waals surface area contributed by atoms with E-state index in [1.54, 1.807) is 5.38 Å². The number of nitrogens with zero attached hydrogens (tertiary/aromatic N) is 2. The van der Waals surface area contributed by atoms with E-state index in [9.17, 15) is 9.18 Å². The summed E-state index contributed by atoms with van der Waals surface area (Å²) in [7, 11) is 0. The molecule has 0 radical (unpaired) electrons. The summed E-state index contributed by atoms with van der Waals surface area (Å²) in [5, 5.41) is 8.64. The Hall–Kier alpha value is -2.02. The SMILES string of the molecule is NC(=O)c1cc(NCc2csnn2)ccc1F. The average molecular weight is 252 g/mol. The van der Waals surface area contributed by atoms with Crippen LogP contribution in [0.1, 0.15) is 16.1 Å². The molecule has 7 heteroatoms. The molecule has 0 atom stereocenters. The van der Waals surface area contributed by atoms with Gasteiger partial charge in [0.25, 0.3) is 5.91 Å². The zero-order valence-electron chi connectivity index (χ0n) is 8.68. The topological polar surface area (TPSA) is 80.9 Å². The van der Waals surface area contributed by atoms with Gasteiger partial charge in [0.2, 0.25) is 0 Å². The monoisotopic (exact) mass is 252 g/mol. The van der Waals surface area contributed by atoms with Crippen LogP contribution >= 0.6 is 11.5 Å². The number of halogens is 1. The minimum absolute atomic E-state index is 0.133. The summed E-state index contributed by atoms with van der Waals surface area (Å²) in [6.45, 7) is 0.459. The van der Waals surface area contributed by atoms with Crippen molar-refractivity contribution in [3.05, 3.63) is 40.7 Å². The van der Waals surface area contributed by atoms with Gasteiger partial charge >= 0.3 is 0 Å². The standard InChI is InChI=1S/C10H9FN4OS/c11-9-2-1-6(3-8(9)10(12)16)13-4-7-5-17-15-14-7/h1-3,5,13H,4H2,(H2,12,16). The first kappa shape index (κ1) is 11.5. The van der Waals surface area contributed by atoms with Gasteiger partial charge in [-0.25, -0.2) is 4.39 Å². The Balaban J connectivity index is 2.11. The lowest BCUT2D eigenvalue weighted by Gasteiger charge is -2.06. The number of primary amides is 1. The van der Waals surface area contributed by atoms with Crippen molar-refractivity contribution < 1.29 is 9.18 Å². The third-order valence-corrected chi connectivity index (χ3v) is 2.66. The van der Waals surface area contributed by atoms with Crippen LogP contribution in [-0.2, 0) is 6.54 Å². The highest BCUT2D eigenvalue weighted by molar-refractivity contribution is 7.03. The van der Waals surface area contributed by atoms with E-state index in [0.717, 1.165) is 5.69 Å². The number of nitrogens with one attached hydrogen (secondary N) is 1. The summed E-state index contributed by atoms with van der Waals surface area (Å²) >= 11 is 1.25. The second-order valence-electron chi connectivity index (χ2n) is 3.31. The molecule has 88 valence electrons. The molecule has 1 amide bonds. The molecule has 0 aliphatic heterocycles. The van der Waals surface area contributed by atoms with Gasteiger partial charge in [-0.15, -0.1) is 5.10 Å². The first-order chi connectivity index (χ1) is 8.16. The normalized spacial score (nSPS) is 10.2. The second-order valence-corrected chi connectivity index (χ2v) is 3.92. The Kier molecular flexibility index (Phi) is 3.29. The lowest BCUT2D eigenvalue weighted by molar-refractivity contribution is 0.0996. The van der Waals surface area contributed by atoms with E-state index in [4.69, 9.17) is 5.73 Å². The smallest absolute Gasteiger partial charge is 0.251 e. The zero-order chi connectivity index (χ0) is 12.3. The Morgan fingerprint density at radius 3 is 3.00 bits per heavy atom. The van der Waals surface area contributed by atoms with Crippen LogP contribution in [0.25, 0.3) is 0 Å². The van der Waals surface area contributed by atoms with Gasteiger partial charge in [-0.2, -0.15) is 0 Å². The van der Waals surface area contributed by atoms with Crippen LogP contribution in [0.3, 0.4) is 0 Å². The quantitative estimate of drug-likeness (QED) is 0.861. The fraction of sp³-hybridized carbons (Fsp3) is 0.100. The molecule has 3 N–H and O–H groups in total. The molecule has 1 heterocycles. The molecule has 2 aromatic rings. The van der Waals surface area contributed by atoms with Crippen molar-refractivity contribution in [2.24, 2.45) is 5.73 Å². The predicted octanol–water partition coefficient (Wildman–Crippen LogP) is 1.39. The average Bonchev–Trinajstić information content (AvgIpc) is 2.80. The minimum atomic E-state index is -0.790. The van der Waals surface area contributed by atoms with Gasteiger partial charge in [0.1, 0.15) is 5.82 Å². The molecule has 0 aliphatic rings. The van der Waals surface area contributed by atoms with Crippen LogP contribution in [-0.4, -0.2) is 15.5 Å². The van der Waals surface area contributed by atoms with Crippen LogP contribution in [0, 0.1) is 5.82 Å². The number of amides is 1. The predicted molar refractivity (Wildman–Crippen MR) is 62.2 cm³/mol. The third kappa shape index (κ3) is 2.76. The molecule has 1 aromatic carbocycles. The summed E-state index contributed by atoms with van der Waals surface area (Å²) in [5.74, 6) is -1.42. The maximum atomic E-state index is 13.2. The highest BCUT2D eigenvalue weighted by atomic mass is 32.1. The van der Waals surface area contributed by atoms with Crippen molar-refractivity contribution in [3.63, 3.8) is 0 Å². The van der Waals surface area contributed by atoms with E-state index in [1.165, 1.54) is 29.7 Å². The second kappa shape index (κ2) is 4.88. The van der Waals surface area contributed by atoms with Crippen molar-refractivity contribution >= 4 is 23.1 Å². The van der Waals surface area contributed by atoms with E-state index in [-0.39, 0.29) is 5.56 Å². The minimum Gasteiger partial charge on any atom is -0.379 e. The fourth-order valence-corrected chi connectivity index (χ4v) is 1.73. The van der Waals surface area contributed by atoms with E-state index >= 15 is 0 Å². The number of carbonyl (C=O) groups is 1. The molecule has 2 rings (SSSR count). The van der Waals surface area contributed by atoms with Crippen molar-refractivity contribution in [1.29, 1.82) is 0 Å². The number of hydrogen-bond acceptors (Lipinski definition) is 5. The van der Waals surface area contributed by atoms with Crippen LogP contribution in [0.5, 0.6) is 0 Å². The van der Waals surface area contributed by atoms with Gasteiger partial charge in [0.05, 0.1) is 17.8 Å². The zero-order valence-corrected chi connectivity index (χ0v) is 9.50. The van der Waals surface area contributed by atoms with Crippen LogP contribution < -0.4 is 11.1 Å². The number of benzene rings is 1. The largest absolute Gasteiger partial charge is 0.379 e. The fourth-order valence-electron chi connectivity index (χ4n) is 1.28. The molecule has 0 fully saturated rings. The first-order valence-corrected chi connectivity index (χ1v) is 5.59. The highest BCUT2D eigenvalue weighted by Crippen LogP contribution is 2.15. The maximum Gasteiger partial charge on any atom is 0.251 e. The summed E-state index contributed by atoms with van der Waals surface area (Å²) < 4.78 is 16.9. The van der Waals surface area contributed by atoms with Crippen molar-refractivity contribution in [2.45, 2.75) is 6.54 Å². The Bertz CT molecular complexity index is 529. The van der Waals surface area contributed by atoms with Gasteiger partial charge in [0.15, 0.2) is 0 Å². The molecule has 5 nitrogen and oxygen atoms in total. The third-order valence-electron chi connectivity index (χ3n) is 2.11. The number of anilines is 1. The van der Waals surface area contributed by atoms with Crippen molar-refractivity contribution in [1.82, 2.24) is 9.59 Å². The molecule has 0 saturated carbocycles. The van der Waals surface area contributed by atoms with E-state index in [0.29, 0.717) is 12.2 Å².